The molecule has 2 fully saturated rings. The second-order valence-electron chi connectivity index (χ2n) is 5.78. The molecule has 0 radical (unpaired) electrons. The van der Waals surface area contributed by atoms with Crippen LogP contribution in [0.1, 0.15) is 13.3 Å². The molecule has 0 aromatic rings. The highest BCUT2D eigenvalue weighted by Crippen LogP contribution is 2.23. The molecule has 2 rings (SSSR count). The lowest BCUT2D eigenvalue weighted by Crippen LogP contribution is -2.41. The minimum Gasteiger partial charge on any atom is -0.481 e. The van der Waals surface area contributed by atoms with Crippen LogP contribution >= 0.6 is 0 Å². The molecule has 114 valence electrons. The Morgan fingerprint density at radius 1 is 1.35 bits per heavy atom. The smallest absolute Gasteiger partial charge is 0.317 e. The highest BCUT2D eigenvalue weighted by molar-refractivity contribution is 7.91. The van der Waals surface area contributed by atoms with E-state index in [0.29, 0.717) is 19.5 Å². The number of hydrogen-bond donors (Lipinski definition) is 2. The van der Waals surface area contributed by atoms with E-state index < -0.39 is 21.7 Å². The Hall–Kier alpha value is -1.31. The van der Waals surface area contributed by atoms with E-state index in [1.165, 1.54) is 4.90 Å². The lowest BCUT2D eigenvalue weighted by Gasteiger charge is -2.18. The van der Waals surface area contributed by atoms with Gasteiger partial charge >= 0.3 is 12.0 Å². The topological polar surface area (TPSA) is 104 Å². The highest BCUT2D eigenvalue weighted by Gasteiger charge is 2.37. The van der Waals surface area contributed by atoms with E-state index >= 15 is 0 Å². The number of carboxylic acids is 1. The van der Waals surface area contributed by atoms with Crippen molar-refractivity contribution in [3.8, 4) is 0 Å². The van der Waals surface area contributed by atoms with Crippen LogP contribution in [0.5, 0.6) is 0 Å². The Kier molecular flexibility index (Phi) is 4.22. The number of rotatable bonds is 3. The monoisotopic (exact) mass is 304 g/mol. The molecule has 8 heteroatoms. The SMILES string of the molecule is CC1CN(C(=O)NCC2CCS(=O)(=O)C2)CC1C(=O)O. The van der Waals surface area contributed by atoms with Crippen molar-refractivity contribution < 1.29 is 23.1 Å². The van der Waals surface area contributed by atoms with E-state index in [1.807, 2.05) is 6.92 Å². The van der Waals surface area contributed by atoms with Crippen molar-refractivity contribution >= 4 is 21.8 Å². The lowest BCUT2D eigenvalue weighted by atomic mass is 9.99. The summed E-state index contributed by atoms with van der Waals surface area (Å²) in [6, 6.07) is -0.301. The molecule has 0 saturated carbocycles. The highest BCUT2D eigenvalue weighted by atomic mass is 32.2. The van der Waals surface area contributed by atoms with Crippen LogP contribution in [0.4, 0.5) is 4.79 Å². The van der Waals surface area contributed by atoms with Gasteiger partial charge in [-0.25, -0.2) is 13.2 Å². The molecule has 0 aromatic heterocycles. The summed E-state index contributed by atoms with van der Waals surface area (Å²) < 4.78 is 22.6. The Labute approximate surface area is 118 Å². The predicted molar refractivity (Wildman–Crippen MR) is 72.0 cm³/mol. The van der Waals surface area contributed by atoms with Crippen molar-refractivity contribution in [3.63, 3.8) is 0 Å². The van der Waals surface area contributed by atoms with E-state index in [9.17, 15) is 18.0 Å². The third-order valence-electron chi connectivity index (χ3n) is 4.09. The molecule has 0 aromatic carbocycles. The number of urea groups is 1. The van der Waals surface area contributed by atoms with Gasteiger partial charge in [-0.1, -0.05) is 6.92 Å². The quantitative estimate of drug-likeness (QED) is 0.750. The fraction of sp³-hybridized carbons (Fsp3) is 0.833. The Morgan fingerprint density at radius 3 is 2.55 bits per heavy atom. The predicted octanol–water partition coefficient (Wildman–Crippen LogP) is -0.217. The largest absolute Gasteiger partial charge is 0.481 e. The van der Waals surface area contributed by atoms with Gasteiger partial charge in [0, 0.05) is 19.6 Å². The van der Waals surface area contributed by atoms with Crippen molar-refractivity contribution in [1.82, 2.24) is 10.2 Å². The third kappa shape index (κ3) is 3.41. The molecule has 3 atom stereocenters. The van der Waals surface area contributed by atoms with Crippen LogP contribution in [0.2, 0.25) is 0 Å². The number of amides is 2. The van der Waals surface area contributed by atoms with Gasteiger partial charge in [0.2, 0.25) is 0 Å². The van der Waals surface area contributed by atoms with E-state index in [0.717, 1.165) is 0 Å². The summed E-state index contributed by atoms with van der Waals surface area (Å²) in [4.78, 5) is 24.4. The molecule has 2 amide bonds. The molecular weight excluding hydrogens is 284 g/mol. The van der Waals surface area contributed by atoms with Crippen LogP contribution < -0.4 is 5.32 Å². The first-order chi connectivity index (χ1) is 9.28. The summed E-state index contributed by atoms with van der Waals surface area (Å²) in [7, 11) is -2.93. The van der Waals surface area contributed by atoms with Gasteiger partial charge in [-0.05, 0) is 18.3 Å². The van der Waals surface area contributed by atoms with Crippen molar-refractivity contribution in [2.45, 2.75) is 13.3 Å². The number of likely N-dealkylation sites (tertiary alicyclic amines) is 1. The average molecular weight is 304 g/mol. The summed E-state index contributed by atoms with van der Waals surface area (Å²) >= 11 is 0. The summed E-state index contributed by atoms with van der Waals surface area (Å²) in [5.41, 5.74) is 0. The molecule has 0 spiro atoms. The Morgan fingerprint density at radius 2 is 2.05 bits per heavy atom. The molecule has 2 saturated heterocycles. The second-order valence-corrected chi connectivity index (χ2v) is 8.01. The van der Waals surface area contributed by atoms with E-state index in [4.69, 9.17) is 5.11 Å². The maximum Gasteiger partial charge on any atom is 0.317 e. The third-order valence-corrected chi connectivity index (χ3v) is 5.92. The Balaban J connectivity index is 1.80. The molecule has 0 aliphatic carbocycles. The standard InChI is InChI=1S/C12H20N2O5S/c1-8-5-14(6-10(8)11(15)16)12(17)13-4-9-2-3-20(18,19)7-9/h8-10H,2-7H2,1H3,(H,13,17)(H,15,16). The first-order valence-electron chi connectivity index (χ1n) is 6.74. The zero-order valence-electron chi connectivity index (χ0n) is 11.4. The lowest BCUT2D eigenvalue weighted by molar-refractivity contribution is -0.142. The number of nitrogens with one attached hydrogen (secondary N) is 1. The van der Waals surface area contributed by atoms with Crippen molar-refractivity contribution in [1.29, 1.82) is 0 Å². The zero-order valence-corrected chi connectivity index (χ0v) is 12.2. The van der Waals surface area contributed by atoms with E-state index in [1.54, 1.807) is 0 Å². The summed E-state index contributed by atoms with van der Waals surface area (Å²) in [6.45, 7) is 2.79. The number of sulfone groups is 1. The van der Waals surface area contributed by atoms with Crippen LogP contribution in [0.15, 0.2) is 0 Å². The molecule has 2 aliphatic heterocycles. The van der Waals surface area contributed by atoms with E-state index in [-0.39, 0.29) is 35.9 Å². The first kappa shape index (κ1) is 15.1. The van der Waals surface area contributed by atoms with E-state index in [2.05, 4.69) is 5.32 Å². The molecule has 2 N–H and O–H groups in total. The number of carbonyl (C=O) groups is 2. The number of hydrogen-bond acceptors (Lipinski definition) is 4. The minimum absolute atomic E-state index is 0.0285. The zero-order chi connectivity index (χ0) is 14.9. The minimum atomic E-state index is -2.93. The van der Waals surface area contributed by atoms with Crippen LogP contribution in [-0.2, 0) is 14.6 Å². The summed E-state index contributed by atoms with van der Waals surface area (Å²) in [5, 5.41) is 11.7. The maximum absolute atomic E-state index is 11.9. The molecule has 2 heterocycles. The van der Waals surface area contributed by atoms with Crippen LogP contribution in [-0.4, -0.2) is 61.6 Å². The van der Waals surface area contributed by atoms with Crippen LogP contribution in [0.3, 0.4) is 0 Å². The second kappa shape index (κ2) is 5.59. The molecule has 2 aliphatic rings. The van der Waals surface area contributed by atoms with Crippen LogP contribution in [0, 0.1) is 17.8 Å². The molecule has 3 unspecified atom stereocenters. The van der Waals surface area contributed by atoms with Gasteiger partial charge in [0.15, 0.2) is 9.84 Å². The molecule has 20 heavy (non-hydrogen) atoms. The Bertz CT molecular complexity index is 504. The van der Waals surface area contributed by atoms with Gasteiger partial charge in [0.1, 0.15) is 0 Å². The number of carboxylic acid groups (broad SMARTS) is 1. The normalized spacial score (nSPS) is 32.2. The van der Waals surface area contributed by atoms with Crippen molar-refractivity contribution in [2.75, 3.05) is 31.1 Å². The van der Waals surface area contributed by atoms with Gasteiger partial charge in [0.25, 0.3) is 0 Å². The van der Waals surface area contributed by atoms with Crippen molar-refractivity contribution in [2.24, 2.45) is 17.8 Å². The number of nitrogens with zero attached hydrogens (tertiary/aromatic N) is 1. The fourth-order valence-corrected chi connectivity index (χ4v) is 4.69. The van der Waals surface area contributed by atoms with Gasteiger partial charge < -0.3 is 15.3 Å². The number of aliphatic carboxylic acids is 1. The summed E-state index contributed by atoms with van der Waals surface area (Å²) in [6.07, 6.45) is 0.580. The van der Waals surface area contributed by atoms with Gasteiger partial charge in [-0.3, -0.25) is 4.79 Å². The maximum atomic E-state index is 11.9. The van der Waals surface area contributed by atoms with Gasteiger partial charge in [-0.15, -0.1) is 0 Å². The van der Waals surface area contributed by atoms with Crippen LogP contribution in [0.25, 0.3) is 0 Å². The first-order valence-corrected chi connectivity index (χ1v) is 8.56. The van der Waals surface area contributed by atoms with Gasteiger partial charge in [-0.2, -0.15) is 0 Å². The fourth-order valence-electron chi connectivity index (χ4n) is 2.83. The average Bonchev–Trinajstić information content (AvgIpc) is 2.89. The number of carbonyl (C=O) groups excluding carboxylic acids is 1. The molecular formula is C12H20N2O5S. The summed E-state index contributed by atoms with van der Waals surface area (Å²) in [5.74, 6) is -1.18. The molecule has 0 bridgehead atoms. The molecule has 7 nitrogen and oxygen atoms in total. The van der Waals surface area contributed by atoms with Crippen molar-refractivity contribution in [3.05, 3.63) is 0 Å². The van der Waals surface area contributed by atoms with Gasteiger partial charge in [0.05, 0.1) is 17.4 Å².